The molecule has 0 saturated heterocycles. The average molecular weight is 937 g/mol. The minimum atomic E-state index is -2.79. The third kappa shape index (κ3) is 7.88. The molecule has 0 unspecified atom stereocenters. The Morgan fingerprint density at radius 2 is 0.746 bits per heavy atom. The number of benzene rings is 9. The molecule has 9 aromatic rings. The Labute approximate surface area is 424 Å². The molecule has 0 saturated carbocycles. The molecule has 0 aromatic heterocycles. The van der Waals surface area contributed by atoms with Gasteiger partial charge in [0.15, 0.2) is 8.07 Å². The molecule has 0 radical (unpaired) electrons. The highest BCUT2D eigenvalue weighted by Gasteiger charge is 2.46. The fourth-order valence-corrected chi connectivity index (χ4v) is 16.4. The van der Waals surface area contributed by atoms with Gasteiger partial charge in [0.05, 0.1) is 0 Å². The second kappa shape index (κ2) is 17.3. The molecular weight excluding hydrogens is 872 g/mol. The normalized spacial score (nSPS) is 13.4. The molecule has 0 bridgehead atoms. The van der Waals surface area contributed by atoms with Crippen LogP contribution in [0, 0.1) is 6.92 Å². The van der Waals surface area contributed by atoms with E-state index in [1.807, 2.05) is 0 Å². The van der Waals surface area contributed by atoms with Crippen LogP contribution in [0.5, 0.6) is 0 Å². The molecule has 2 aliphatic rings. The molecule has 71 heavy (non-hydrogen) atoms. The Hall–Kier alpha value is -7.14. The molecule has 350 valence electrons. The van der Waals surface area contributed by atoms with Crippen molar-refractivity contribution < 1.29 is 0 Å². The summed E-state index contributed by atoms with van der Waals surface area (Å²) in [6.07, 6.45) is 0. The first-order valence-corrected chi connectivity index (χ1v) is 27.5. The van der Waals surface area contributed by atoms with Gasteiger partial charge in [-0.25, -0.2) is 0 Å². The van der Waals surface area contributed by atoms with Gasteiger partial charge in [0.2, 0.25) is 0 Å². The number of hydrogen-bond donors (Lipinski definition) is 0. The van der Waals surface area contributed by atoms with Crippen molar-refractivity contribution in [3.05, 3.63) is 235 Å². The zero-order valence-corrected chi connectivity index (χ0v) is 44.2. The minimum absolute atomic E-state index is 0.00495. The van der Waals surface area contributed by atoms with E-state index in [-0.39, 0.29) is 23.0 Å². The Morgan fingerprint density at radius 1 is 0.338 bits per heavy atom. The highest BCUT2D eigenvalue weighted by atomic mass is 28.3. The van der Waals surface area contributed by atoms with Crippen LogP contribution in [-0.2, 0) is 16.2 Å². The van der Waals surface area contributed by atoms with Crippen molar-refractivity contribution in [3.63, 3.8) is 0 Å². The molecule has 2 nitrogen and oxygen atoms in total. The van der Waals surface area contributed by atoms with E-state index in [0.29, 0.717) is 0 Å². The van der Waals surface area contributed by atoms with Crippen LogP contribution in [0.2, 0.25) is 0 Å². The number of nitrogens with zero attached hydrogens (tertiary/aromatic N) is 2. The summed E-state index contributed by atoms with van der Waals surface area (Å²) in [5.41, 5.74) is 18.9. The Morgan fingerprint density at radius 3 is 1.20 bits per heavy atom. The molecule has 0 aliphatic carbocycles. The van der Waals surface area contributed by atoms with Gasteiger partial charge < -0.3 is 9.80 Å². The Balaban J connectivity index is 1.23. The predicted octanol–water partition coefficient (Wildman–Crippen LogP) is 13.0. The minimum Gasteiger partial charge on any atom is -0.311 e. The topological polar surface area (TPSA) is 6.48 Å². The summed E-state index contributed by atoms with van der Waals surface area (Å²) in [4.78, 5) is 5.20. The lowest BCUT2D eigenvalue weighted by atomic mass is 9.33. The summed E-state index contributed by atoms with van der Waals surface area (Å²) < 4.78 is 0. The third-order valence-corrected chi connectivity index (χ3v) is 20.2. The maximum absolute atomic E-state index is 2.79. The highest BCUT2D eigenvalue weighted by Crippen LogP contribution is 2.47. The van der Waals surface area contributed by atoms with Gasteiger partial charge in [0.1, 0.15) is 0 Å². The zero-order valence-electron chi connectivity index (χ0n) is 43.2. The number of fused-ring (bicyclic) bond motifs is 4. The Kier molecular flexibility index (Phi) is 11.3. The molecule has 0 spiro atoms. The summed E-state index contributed by atoms with van der Waals surface area (Å²) in [5, 5.41) is 5.49. The molecule has 2 heterocycles. The first kappa shape index (κ1) is 46.3. The van der Waals surface area contributed by atoms with Crippen LogP contribution in [0.15, 0.2) is 212 Å². The number of rotatable bonds is 7. The quantitative estimate of drug-likeness (QED) is 0.116. The van der Waals surface area contributed by atoms with E-state index < -0.39 is 8.07 Å². The maximum Gasteiger partial charge on any atom is 0.252 e. The second-order valence-electron chi connectivity index (χ2n) is 23.1. The van der Waals surface area contributed by atoms with Crippen molar-refractivity contribution in [2.75, 3.05) is 9.80 Å². The number of aryl methyl sites for hydroxylation is 1. The van der Waals surface area contributed by atoms with Crippen LogP contribution < -0.4 is 46.9 Å². The van der Waals surface area contributed by atoms with Gasteiger partial charge in [0.25, 0.3) is 6.71 Å². The summed E-state index contributed by atoms with van der Waals surface area (Å²) in [6, 6.07) is 81.3. The van der Waals surface area contributed by atoms with E-state index in [2.05, 4.69) is 291 Å². The van der Waals surface area contributed by atoms with Crippen molar-refractivity contribution in [2.24, 2.45) is 0 Å². The van der Waals surface area contributed by atoms with E-state index in [0.717, 1.165) is 0 Å². The molecule has 0 fully saturated rings. The van der Waals surface area contributed by atoms with Crippen molar-refractivity contribution in [2.45, 2.75) is 85.5 Å². The molecular formula is C67H65BN2Si. The van der Waals surface area contributed by atoms with Gasteiger partial charge in [-0.3, -0.25) is 0 Å². The molecule has 2 aliphatic heterocycles. The number of anilines is 6. The van der Waals surface area contributed by atoms with E-state index in [1.54, 1.807) is 0 Å². The zero-order chi connectivity index (χ0) is 49.5. The summed E-state index contributed by atoms with van der Waals surface area (Å²) in [6.45, 7) is 23.3. The monoisotopic (exact) mass is 937 g/mol. The molecule has 0 amide bonds. The van der Waals surface area contributed by atoms with Gasteiger partial charge in [-0.1, -0.05) is 232 Å². The SMILES string of the molecule is Cc1cc([Si](c2ccccc2)(c2ccccc2)c2ccccc2)ccc1N1c2ccc(C(C)(C)C)cc2B2c3cc(C(C)(C)C)ccc3N(c3ccc(C(C)(C)C)cc3)c3cc(-c4ccccc4)cc1c32. The average Bonchev–Trinajstić information content (AvgIpc) is 3.37. The van der Waals surface area contributed by atoms with Gasteiger partial charge in [-0.2, -0.15) is 0 Å². The molecule has 11 rings (SSSR count). The van der Waals surface area contributed by atoms with Crippen LogP contribution in [0.3, 0.4) is 0 Å². The molecule has 9 aromatic carbocycles. The van der Waals surface area contributed by atoms with Crippen molar-refractivity contribution >= 4 is 86.0 Å². The van der Waals surface area contributed by atoms with E-state index in [1.165, 1.54) is 105 Å². The smallest absolute Gasteiger partial charge is 0.252 e. The lowest BCUT2D eigenvalue weighted by Crippen LogP contribution is -2.74. The Bertz CT molecular complexity index is 3320. The first-order chi connectivity index (χ1) is 34.0. The second-order valence-corrected chi connectivity index (χ2v) is 26.9. The van der Waals surface area contributed by atoms with Gasteiger partial charge in [0, 0.05) is 34.1 Å². The highest BCUT2D eigenvalue weighted by molar-refractivity contribution is 7.20. The van der Waals surface area contributed by atoms with E-state index in [4.69, 9.17) is 0 Å². The van der Waals surface area contributed by atoms with Crippen molar-refractivity contribution in [3.8, 4) is 11.1 Å². The standard InChI is InChI=1S/C67H65BN2Si/c1-46-41-56(71(53-25-17-12-18-26-53,54-27-19-13-20-28-54)55-29-21-14-22-30-55)37-40-59(46)70-61-39-34-51(67(8,9)10)45-58(61)68-57-44-50(66(5,6)7)33-38-60(57)69(52-35-31-49(32-36-52)65(2,3)4)62-42-48(43-63(70)64(62)68)47-23-15-11-16-24-47/h11-45H,1-10H3. The lowest BCUT2D eigenvalue weighted by Gasteiger charge is -2.45. The van der Waals surface area contributed by atoms with Crippen LogP contribution in [0.1, 0.15) is 84.6 Å². The van der Waals surface area contributed by atoms with Gasteiger partial charge in [-0.05, 0) is 136 Å². The van der Waals surface area contributed by atoms with Gasteiger partial charge >= 0.3 is 0 Å². The largest absolute Gasteiger partial charge is 0.311 e. The van der Waals surface area contributed by atoms with Crippen LogP contribution in [0.4, 0.5) is 34.1 Å². The molecule has 4 heteroatoms. The fraction of sp³-hybridized carbons (Fsp3) is 0.194. The summed E-state index contributed by atoms with van der Waals surface area (Å²) in [5.74, 6) is 0. The maximum atomic E-state index is 2.62. The van der Waals surface area contributed by atoms with Crippen molar-refractivity contribution in [1.82, 2.24) is 0 Å². The summed E-state index contributed by atoms with van der Waals surface area (Å²) >= 11 is 0. The first-order valence-electron chi connectivity index (χ1n) is 25.5. The molecule has 0 N–H and O–H groups in total. The molecule has 0 atom stereocenters. The predicted molar refractivity (Wildman–Crippen MR) is 310 cm³/mol. The van der Waals surface area contributed by atoms with Crippen LogP contribution >= 0.6 is 0 Å². The van der Waals surface area contributed by atoms with Crippen LogP contribution in [-0.4, -0.2) is 14.8 Å². The third-order valence-electron chi connectivity index (χ3n) is 15.4. The number of hydrogen-bond acceptors (Lipinski definition) is 2. The van der Waals surface area contributed by atoms with E-state index >= 15 is 0 Å². The van der Waals surface area contributed by atoms with Crippen LogP contribution in [0.25, 0.3) is 11.1 Å². The van der Waals surface area contributed by atoms with Gasteiger partial charge in [-0.15, -0.1) is 0 Å². The lowest BCUT2D eigenvalue weighted by molar-refractivity contribution is 0.590. The summed E-state index contributed by atoms with van der Waals surface area (Å²) in [7, 11) is -2.79. The van der Waals surface area contributed by atoms with Crippen molar-refractivity contribution in [1.29, 1.82) is 0 Å². The fourth-order valence-electron chi connectivity index (χ4n) is 11.6. The van der Waals surface area contributed by atoms with E-state index in [9.17, 15) is 0 Å².